The minimum absolute atomic E-state index is 0.0459. The van der Waals surface area contributed by atoms with Crippen molar-refractivity contribution >= 4 is 11.9 Å². The number of allylic oxidation sites excluding steroid dienone is 2. The number of hydrogen-bond donors (Lipinski definition) is 2. The van der Waals surface area contributed by atoms with Gasteiger partial charge in [0, 0.05) is 30.4 Å². The zero-order chi connectivity index (χ0) is 25.8. The van der Waals surface area contributed by atoms with E-state index in [4.69, 9.17) is 9.47 Å². The van der Waals surface area contributed by atoms with E-state index in [1.165, 1.54) is 12.2 Å². The molecule has 0 aliphatic heterocycles. The summed E-state index contributed by atoms with van der Waals surface area (Å²) < 4.78 is 10.0. The number of carbonyl (C=O) groups is 2. The van der Waals surface area contributed by atoms with Crippen molar-refractivity contribution in [2.75, 3.05) is 13.2 Å². The summed E-state index contributed by atoms with van der Waals surface area (Å²) in [5, 5.41) is 20.3. The molecule has 0 bridgehead atoms. The molecule has 0 aliphatic rings. The van der Waals surface area contributed by atoms with E-state index in [1.807, 2.05) is 48.5 Å². The fraction of sp³-hybridized carbons (Fsp3) is 0.379. The maximum Gasteiger partial charge on any atom is 0.330 e. The highest BCUT2D eigenvalue weighted by atomic mass is 16.5. The van der Waals surface area contributed by atoms with Crippen LogP contribution in [0.25, 0.3) is 0 Å². The Hall–Kier alpha value is -3.22. The van der Waals surface area contributed by atoms with Gasteiger partial charge in [-0.1, -0.05) is 74.5 Å². The second kappa shape index (κ2) is 13.6. The molecule has 2 unspecified atom stereocenters. The Kier molecular flexibility index (Phi) is 10.9. The van der Waals surface area contributed by atoms with E-state index in [2.05, 4.69) is 13.8 Å². The maximum absolute atomic E-state index is 11.4. The fourth-order valence-electron chi connectivity index (χ4n) is 3.67. The Balaban J connectivity index is 1.95. The lowest BCUT2D eigenvalue weighted by Gasteiger charge is -2.27. The second-order valence-electron chi connectivity index (χ2n) is 8.99. The largest absolute Gasteiger partial charge is 0.460 e. The van der Waals surface area contributed by atoms with Crippen molar-refractivity contribution in [3.8, 4) is 0 Å². The molecule has 0 aliphatic carbocycles. The molecule has 2 rings (SSSR count). The molecule has 0 amide bonds. The molecule has 6 heteroatoms. The molecule has 0 spiro atoms. The van der Waals surface area contributed by atoms with Gasteiger partial charge in [-0.25, -0.2) is 9.59 Å². The first-order valence-corrected chi connectivity index (χ1v) is 11.8. The van der Waals surface area contributed by atoms with Crippen LogP contribution in [0.3, 0.4) is 0 Å². The van der Waals surface area contributed by atoms with E-state index < -0.39 is 24.1 Å². The molecule has 0 heterocycles. The number of esters is 2. The summed E-state index contributed by atoms with van der Waals surface area (Å²) in [6.07, 6.45) is 5.09. The van der Waals surface area contributed by atoms with E-state index in [9.17, 15) is 19.8 Å². The Morgan fingerprint density at radius 1 is 0.743 bits per heavy atom. The number of benzene rings is 2. The normalized spacial score (nSPS) is 13.7. The van der Waals surface area contributed by atoms with Gasteiger partial charge in [0.15, 0.2) is 0 Å². The van der Waals surface area contributed by atoms with Gasteiger partial charge in [-0.05, 0) is 36.1 Å². The van der Waals surface area contributed by atoms with Crippen molar-refractivity contribution in [3.05, 3.63) is 95.1 Å². The van der Waals surface area contributed by atoms with Gasteiger partial charge in [0.25, 0.3) is 0 Å². The lowest BCUT2D eigenvalue weighted by atomic mass is 9.77. The monoisotopic (exact) mass is 480 g/mol. The average molecular weight is 481 g/mol. The first kappa shape index (κ1) is 28.0. The summed E-state index contributed by atoms with van der Waals surface area (Å²) in [5.74, 6) is -0.922. The SMILES string of the molecule is CC=CC(=O)OCC(O)Cc1ccc(C(C)(C)c2ccc(CC(O)COC(=O)C=CC)cc2)cc1. The van der Waals surface area contributed by atoms with Gasteiger partial charge in [0.1, 0.15) is 13.2 Å². The Bertz CT molecular complexity index is 921. The predicted molar refractivity (Wildman–Crippen MR) is 136 cm³/mol. The quantitative estimate of drug-likeness (QED) is 0.352. The molecule has 2 aromatic carbocycles. The van der Waals surface area contributed by atoms with E-state index in [0.29, 0.717) is 12.8 Å². The van der Waals surface area contributed by atoms with Gasteiger partial charge in [-0.3, -0.25) is 0 Å². The van der Waals surface area contributed by atoms with Gasteiger partial charge in [0.05, 0.1) is 12.2 Å². The van der Waals surface area contributed by atoms with Crippen LogP contribution in [0.1, 0.15) is 49.9 Å². The topological polar surface area (TPSA) is 93.1 Å². The molecular weight excluding hydrogens is 444 g/mol. The summed E-state index contributed by atoms with van der Waals surface area (Å²) in [5.41, 5.74) is 3.91. The minimum atomic E-state index is -0.766. The van der Waals surface area contributed by atoms with E-state index in [-0.39, 0.29) is 18.6 Å². The zero-order valence-electron chi connectivity index (χ0n) is 20.9. The first-order chi connectivity index (χ1) is 16.6. The molecule has 0 radical (unpaired) electrons. The average Bonchev–Trinajstić information content (AvgIpc) is 2.82. The zero-order valence-corrected chi connectivity index (χ0v) is 20.9. The Labute approximate surface area is 207 Å². The molecule has 0 saturated carbocycles. The van der Waals surface area contributed by atoms with Gasteiger partial charge in [-0.2, -0.15) is 0 Å². The van der Waals surface area contributed by atoms with Crippen LogP contribution in [-0.4, -0.2) is 47.6 Å². The number of aliphatic hydroxyl groups excluding tert-OH is 2. The third-order valence-corrected chi connectivity index (χ3v) is 5.74. The third kappa shape index (κ3) is 9.15. The molecule has 0 aromatic heterocycles. The third-order valence-electron chi connectivity index (χ3n) is 5.74. The van der Waals surface area contributed by atoms with Gasteiger partial charge in [0.2, 0.25) is 0 Å². The molecule has 0 fully saturated rings. The van der Waals surface area contributed by atoms with Gasteiger partial charge < -0.3 is 19.7 Å². The Morgan fingerprint density at radius 3 is 1.40 bits per heavy atom. The lowest BCUT2D eigenvalue weighted by molar-refractivity contribution is -0.141. The molecule has 188 valence electrons. The second-order valence-corrected chi connectivity index (χ2v) is 8.99. The molecule has 0 saturated heterocycles. The molecule has 35 heavy (non-hydrogen) atoms. The highest BCUT2D eigenvalue weighted by Crippen LogP contribution is 2.32. The van der Waals surface area contributed by atoms with Crippen molar-refractivity contribution in [3.63, 3.8) is 0 Å². The van der Waals surface area contributed by atoms with Crippen LogP contribution in [0, 0.1) is 0 Å². The summed E-state index contributed by atoms with van der Waals surface area (Å²) in [6.45, 7) is 7.65. The summed E-state index contributed by atoms with van der Waals surface area (Å²) in [6, 6.07) is 16.1. The van der Waals surface area contributed by atoms with Crippen molar-refractivity contribution in [1.82, 2.24) is 0 Å². The van der Waals surface area contributed by atoms with Gasteiger partial charge >= 0.3 is 11.9 Å². The molecule has 2 aromatic rings. The van der Waals surface area contributed by atoms with Crippen LogP contribution in [0.15, 0.2) is 72.8 Å². The minimum Gasteiger partial charge on any atom is -0.460 e. The van der Waals surface area contributed by atoms with Crippen LogP contribution in [0.5, 0.6) is 0 Å². The number of ether oxygens (including phenoxy) is 2. The van der Waals surface area contributed by atoms with Crippen LogP contribution in [0.4, 0.5) is 0 Å². The van der Waals surface area contributed by atoms with Crippen LogP contribution in [0.2, 0.25) is 0 Å². The molecular formula is C29H36O6. The van der Waals surface area contributed by atoms with Gasteiger partial charge in [-0.15, -0.1) is 0 Å². The number of carbonyl (C=O) groups excluding carboxylic acids is 2. The van der Waals surface area contributed by atoms with Crippen LogP contribution in [-0.2, 0) is 37.3 Å². The molecule has 2 atom stereocenters. The van der Waals surface area contributed by atoms with E-state index >= 15 is 0 Å². The smallest absolute Gasteiger partial charge is 0.330 e. The number of hydrogen-bond acceptors (Lipinski definition) is 6. The van der Waals surface area contributed by atoms with Crippen molar-refractivity contribution in [2.45, 2.75) is 58.2 Å². The van der Waals surface area contributed by atoms with Crippen LogP contribution >= 0.6 is 0 Å². The first-order valence-electron chi connectivity index (χ1n) is 11.8. The highest BCUT2D eigenvalue weighted by Gasteiger charge is 2.23. The number of aliphatic hydroxyl groups is 2. The van der Waals surface area contributed by atoms with E-state index in [1.54, 1.807) is 26.0 Å². The molecule has 6 nitrogen and oxygen atoms in total. The molecule has 2 N–H and O–H groups in total. The standard InChI is InChI=1S/C29H36O6/c1-5-7-27(32)34-19-25(30)17-21-9-13-23(14-10-21)29(3,4)24-15-11-22(12-16-24)18-26(31)20-35-28(33)8-6-2/h5-16,25-26,30-31H,17-20H2,1-4H3. The number of rotatable bonds is 12. The summed E-state index contributed by atoms with van der Waals surface area (Å²) in [4.78, 5) is 22.8. The van der Waals surface area contributed by atoms with Crippen molar-refractivity contribution in [2.24, 2.45) is 0 Å². The highest BCUT2D eigenvalue weighted by molar-refractivity contribution is 5.82. The predicted octanol–water partition coefficient (Wildman–Crippen LogP) is 4.06. The summed E-state index contributed by atoms with van der Waals surface area (Å²) in [7, 11) is 0. The summed E-state index contributed by atoms with van der Waals surface area (Å²) >= 11 is 0. The van der Waals surface area contributed by atoms with Crippen molar-refractivity contribution < 1.29 is 29.3 Å². The lowest BCUT2D eigenvalue weighted by Crippen LogP contribution is -2.21. The van der Waals surface area contributed by atoms with E-state index in [0.717, 1.165) is 22.3 Å². The fourth-order valence-corrected chi connectivity index (χ4v) is 3.67. The Morgan fingerprint density at radius 2 is 1.09 bits per heavy atom. The van der Waals surface area contributed by atoms with Crippen molar-refractivity contribution in [1.29, 1.82) is 0 Å². The maximum atomic E-state index is 11.4. The van der Waals surface area contributed by atoms with Crippen LogP contribution < -0.4 is 0 Å².